The molecule has 0 aliphatic carbocycles. The van der Waals surface area contributed by atoms with E-state index in [-0.39, 0.29) is 0 Å². The Bertz CT molecular complexity index is 736. The van der Waals surface area contributed by atoms with Crippen molar-refractivity contribution in [2.75, 3.05) is 0 Å². The highest BCUT2D eigenvalue weighted by Gasteiger charge is 2.08. The average Bonchev–Trinajstić information content (AvgIpc) is 3.06. The van der Waals surface area contributed by atoms with Gasteiger partial charge in [-0.2, -0.15) is 5.10 Å². The second kappa shape index (κ2) is 5.73. The third-order valence-electron chi connectivity index (χ3n) is 3.21. The van der Waals surface area contributed by atoms with Crippen molar-refractivity contribution in [3.8, 4) is 0 Å². The number of aromatic amines is 1. The summed E-state index contributed by atoms with van der Waals surface area (Å²) in [5.74, 6) is 0.984. The highest BCUT2D eigenvalue weighted by molar-refractivity contribution is 7.71. The van der Waals surface area contributed by atoms with Crippen molar-refractivity contribution in [2.24, 2.45) is 0 Å². The molecule has 0 bridgehead atoms. The number of benzene rings is 1. The van der Waals surface area contributed by atoms with Crippen LogP contribution in [0.4, 0.5) is 0 Å². The van der Waals surface area contributed by atoms with Crippen LogP contribution in [0, 0.1) is 11.7 Å². The first-order valence-corrected chi connectivity index (χ1v) is 7.73. The molecule has 20 heavy (non-hydrogen) atoms. The third-order valence-corrected chi connectivity index (χ3v) is 4.40. The van der Waals surface area contributed by atoms with Crippen molar-refractivity contribution in [1.82, 2.24) is 14.8 Å². The SMILES string of the molecule is Cc1ccc(Cn2c(Cc3cccs3)n[nH]c2=S)cc1. The molecule has 3 rings (SSSR count). The number of rotatable bonds is 4. The molecule has 0 radical (unpaired) electrons. The van der Waals surface area contributed by atoms with Gasteiger partial charge in [-0.1, -0.05) is 35.9 Å². The first-order valence-electron chi connectivity index (χ1n) is 6.44. The molecule has 3 aromatic rings. The molecular weight excluding hydrogens is 286 g/mol. The molecule has 0 fully saturated rings. The molecule has 2 aromatic heterocycles. The zero-order valence-electron chi connectivity index (χ0n) is 11.2. The Balaban J connectivity index is 1.87. The quantitative estimate of drug-likeness (QED) is 0.740. The number of hydrogen-bond acceptors (Lipinski definition) is 3. The third kappa shape index (κ3) is 2.89. The van der Waals surface area contributed by atoms with E-state index < -0.39 is 0 Å². The maximum absolute atomic E-state index is 5.34. The molecule has 0 saturated heterocycles. The molecule has 0 amide bonds. The van der Waals surface area contributed by atoms with Crippen molar-refractivity contribution in [1.29, 1.82) is 0 Å². The van der Waals surface area contributed by atoms with E-state index in [9.17, 15) is 0 Å². The number of nitrogens with one attached hydrogen (secondary N) is 1. The normalized spacial score (nSPS) is 10.8. The van der Waals surface area contributed by atoms with Crippen LogP contribution in [0.15, 0.2) is 41.8 Å². The van der Waals surface area contributed by atoms with Crippen LogP contribution in [-0.4, -0.2) is 14.8 Å². The molecule has 1 aromatic carbocycles. The van der Waals surface area contributed by atoms with Gasteiger partial charge in [-0.3, -0.25) is 9.67 Å². The summed E-state index contributed by atoms with van der Waals surface area (Å²) >= 11 is 7.08. The highest BCUT2D eigenvalue weighted by Crippen LogP contribution is 2.15. The predicted octanol–water partition coefficient (Wildman–Crippen LogP) is 3.95. The van der Waals surface area contributed by atoms with E-state index in [0.29, 0.717) is 4.77 Å². The molecule has 0 atom stereocenters. The van der Waals surface area contributed by atoms with Gasteiger partial charge in [-0.25, -0.2) is 0 Å². The van der Waals surface area contributed by atoms with Crippen LogP contribution in [0.2, 0.25) is 0 Å². The van der Waals surface area contributed by atoms with Crippen LogP contribution in [0.1, 0.15) is 21.8 Å². The summed E-state index contributed by atoms with van der Waals surface area (Å²) in [6.45, 7) is 2.85. The molecule has 5 heteroatoms. The van der Waals surface area contributed by atoms with E-state index in [1.807, 2.05) is 0 Å². The minimum absolute atomic E-state index is 0.678. The van der Waals surface area contributed by atoms with Crippen LogP contribution in [-0.2, 0) is 13.0 Å². The predicted molar refractivity (Wildman–Crippen MR) is 84.8 cm³/mol. The Morgan fingerprint density at radius 2 is 2.05 bits per heavy atom. The fourth-order valence-corrected chi connectivity index (χ4v) is 3.01. The molecule has 0 unspecified atom stereocenters. The lowest BCUT2D eigenvalue weighted by Crippen LogP contribution is -2.05. The van der Waals surface area contributed by atoms with Crippen molar-refractivity contribution < 1.29 is 0 Å². The van der Waals surface area contributed by atoms with E-state index in [4.69, 9.17) is 12.2 Å². The zero-order chi connectivity index (χ0) is 13.9. The van der Waals surface area contributed by atoms with Gasteiger partial charge in [0.05, 0.1) is 6.54 Å². The van der Waals surface area contributed by atoms with Gasteiger partial charge in [0.15, 0.2) is 4.77 Å². The van der Waals surface area contributed by atoms with Gasteiger partial charge in [-0.05, 0) is 36.2 Å². The van der Waals surface area contributed by atoms with Gasteiger partial charge in [0.25, 0.3) is 0 Å². The number of nitrogens with zero attached hydrogens (tertiary/aromatic N) is 2. The Labute approximate surface area is 126 Å². The van der Waals surface area contributed by atoms with Crippen molar-refractivity contribution in [3.05, 3.63) is 68.4 Å². The van der Waals surface area contributed by atoms with Gasteiger partial charge in [0, 0.05) is 11.3 Å². The van der Waals surface area contributed by atoms with E-state index in [1.54, 1.807) is 11.3 Å². The first kappa shape index (κ1) is 13.3. The summed E-state index contributed by atoms with van der Waals surface area (Å²) in [4.78, 5) is 1.30. The Hall–Kier alpha value is -1.72. The standard InChI is InChI=1S/C15H15N3S2/c1-11-4-6-12(7-5-11)10-18-14(16-17-15(18)19)9-13-3-2-8-20-13/h2-8H,9-10H2,1H3,(H,17,19). The highest BCUT2D eigenvalue weighted by atomic mass is 32.1. The molecular formula is C15H15N3S2. The van der Waals surface area contributed by atoms with Crippen molar-refractivity contribution in [3.63, 3.8) is 0 Å². The molecule has 0 aliphatic heterocycles. The van der Waals surface area contributed by atoms with E-state index in [1.165, 1.54) is 16.0 Å². The molecule has 0 spiro atoms. The van der Waals surface area contributed by atoms with E-state index in [0.717, 1.165) is 18.8 Å². The number of H-pyrrole nitrogens is 1. The van der Waals surface area contributed by atoms with Crippen LogP contribution in [0.5, 0.6) is 0 Å². The molecule has 102 valence electrons. The monoisotopic (exact) mass is 301 g/mol. The van der Waals surface area contributed by atoms with Crippen LogP contribution in [0.3, 0.4) is 0 Å². The first-order chi connectivity index (χ1) is 9.72. The lowest BCUT2D eigenvalue weighted by Gasteiger charge is -2.06. The van der Waals surface area contributed by atoms with Crippen LogP contribution >= 0.6 is 23.6 Å². The largest absolute Gasteiger partial charge is 0.299 e. The van der Waals surface area contributed by atoms with E-state index in [2.05, 4.69) is 63.5 Å². The fourth-order valence-electron chi connectivity index (χ4n) is 2.09. The minimum Gasteiger partial charge on any atom is -0.299 e. The number of hydrogen-bond donors (Lipinski definition) is 1. The number of aryl methyl sites for hydroxylation is 1. The molecule has 0 aliphatic rings. The maximum atomic E-state index is 5.34. The van der Waals surface area contributed by atoms with E-state index >= 15 is 0 Å². The van der Waals surface area contributed by atoms with Crippen LogP contribution < -0.4 is 0 Å². The smallest absolute Gasteiger partial charge is 0.195 e. The number of thiophene rings is 1. The average molecular weight is 301 g/mol. The lowest BCUT2D eigenvalue weighted by molar-refractivity contribution is 0.734. The van der Waals surface area contributed by atoms with Gasteiger partial charge in [0.2, 0.25) is 0 Å². The second-order valence-corrected chi connectivity index (χ2v) is 6.19. The summed E-state index contributed by atoms with van der Waals surface area (Å²) in [7, 11) is 0. The molecule has 1 N–H and O–H groups in total. The maximum Gasteiger partial charge on any atom is 0.195 e. The summed E-state index contributed by atoms with van der Waals surface area (Å²) in [5.41, 5.74) is 2.50. The Morgan fingerprint density at radius 1 is 1.25 bits per heavy atom. The Kier molecular flexibility index (Phi) is 3.80. The summed E-state index contributed by atoms with van der Waals surface area (Å²) in [5, 5.41) is 9.34. The number of aromatic nitrogens is 3. The van der Waals surface area contributed by atoms with Crippen molar-refractivity contribution >= 4 is 23.6 Å². The Morgan fingerprint density at radius 3 is 2.75 bits per heavy atom. The molecule has 0 saturated carbocycles. The minimum atomic E-state index is 0.678. The van der Waals surface area contributed by atoms with Gasteiger partial charge in [0.1, 0.15) is 5.82 Å². The van der Waals surface area contributed by atoms with Gasteiger partial charge < -0.3 is 0 Å². The summed E-state index contributed by atoms with van der Waals surface area (Å²) < 4.78 is 2.75. The summed E-state index contributed by atoms with van der Waals surface area (Å²) in [6, 6.07) is 12.7. The molecule has 2 heterocycles. The van der Waals surface area contributed by atoms with Gasteiger partial charge >= 0.3 is 0 Å². The summed E-state index contributed by atoms with van der Waals surface area (Å²) in [6.07, 6.45) is 0.816. The topological polar surface area (TPSA) is 33.6 Å². The zero-order valence-corrected chi connectivity index (χ0v) is 12.8. The van der Waals surface area contributed by atoms with Crippen molar-refractivity contribution in [2.45, 2.75) is 19.9 Å². The molecule has 3 nitrogen and oxygen atoms in total. The lowest BCUT2D eigenvalue weighted by atomic mass is 10.1. The fraction of sp³-hybridized carbons (Fsp3) is 0.200. The van der Waals surface area contributed by atoms with Crippen LogP contribution in [0.25, 0.3) is 0 Å². The second-order valence-electron chi connectivity index (χ2n) is 4.77. The van der Waals surface area contributed by atoms with Gasteiger partial charge in [-0.15, -0.1) is 11.3 Å².